The van der Waals surface area contributed by atoms with Crippen molar-refractivity contribution in [3.8, 4) is 0 Å². The molecule has 18 nitrogen and oxygen atoms in total. The molecule has 2 fully saturated rings. The van der Waals surface area contributed by atoms with Crippen molar-refractivity contribution in [3.63, 3.8) is 0 Å². The number of hydrogen-bond donors (Lipinski definition) is 6. The number of aromatic amines is 1. The number of aliphatic hydroxyl groups excluding tert-OH is 4. The van der Waals surface area contributed by atoms with Crippen LogP contribution in [0.2, 0.25) is 0 Å². The number of benzene rings is 1. The third kappa shape index (κ3) is 12.1. The first kappa shape index (κ1) is 51.7. The van der Waals surface area contributed by atoms with E-state index in [-0.39, 0.29) is 25.2 Å². The van der Waals surface area contributed by atoms with E-state index in [1.807, 2.05) is 45.0 Å². The van der Waals surface area contributed by atoms with Crippen LogP contribution >= 0.6 is 0 Å². The number of ether oxygens (including phenoxy) is 7. The molecule has 18 heteroatoms. The number of aliphatic hydroxyl groups is 4. The van der Waals surface area contributed by atoms with Gasteiger partial charge >= 0.3 is 5.97 Å². The molecule has 0 spiro atoms. The van der Waals surface area contributed by atoms with E-state index in [9.17, 15) is 30.0 Å². The molecule has 1 aromatic carbocycles. The molecular weight excluding hydrogens is 855 g/mol. The van der Waals surface area contributed by atoms with Crippen LogP contribution in [-0.4, -0.2) is 181 Å². The maximum absolute atomic E-state index is 14.1. The number of hydrogen-bond acceptors (Lipinski definition) is 17. The Morgan fingerprint density at radius 2 is 1.62 bits per heavy atom. The number of carbonyl (C=O) groups is 2. The van der Waals surface area contributed by atoms with Crippen LogP contribution in [-0.2, 0) is 49.2 Å². The predicted octanol–water partition coefficient (Wildman–Crippen LogP) is 2.44. The number of likely N-dealkylation sites (N-methyl/N-ethyl adjacent to an activating group) is 1. The van der Waals surface area contributed by atoms with Gasteiger partial charge in [0.05, 0.1) is 67.2 Å². The quantitative estimate of drug-likeness (QED) is 0.168. The summed E-state index contributed by atoms with van der Waals surface area (Å²) in [6.07, 6.45) is -5.51. The average molecular weight is 928 g/mol. The van der Waals surface area contributed by atoms with E-state index in [1.54, 1.807) is 45.8 Å². The van der Waals surface area contributed by atoms with Crippen LogP contribution in [0.1, 0.15) is 72.2 Å². The first-order valence-electron chi connectivity index (χ1n) is 23.3. The number of H-pyrrole nitrogens is 1. The normalized spacial score (nSPS) is 39.0. The minimum Gasteiger partial charge on any atom is -0.462 e. The zero-order valence-corrected chi connectivity index (χ0v) is 40.0. The topological polar surface area (TPSA) is 236 Å². The van der Waals surface area contributed by atoms with Crippen LogP contribution in [0.5, 0.6) is 0 Å². The third-order valence-electron chi connectivity index (χ3n) is 13.6. The van der Waals surface area contributed by atoms with Crippen molar-refractivity contribution in [3.05, 3.63) is 53.4 Å². The summed E-state index contributed by atoms with van der Waals surface area (Å²) in [6.45, 7) is 12.2. The molecule has 66 heavy (non-hydrogen) atoms. The molecule has 6 N–H and O–H groups in total. The molecule has 0 aliphatic carbocycles. The predicted molar refractivity (Wildman–Crippen MR) is 244 cm³/mol. The fraction of sp³-hybridized carbons (Fsp3) is 0.708. The van der Waals surface area contributed by atoms with Gasteiger partial charge in [0, 0.05) is 50.5 Å². The van der Waals surface area contributed by atoms with E-state index < -0.39 is 116 Å². The fourth-order valence-electron chi connectivity index (χ4n) is 9.75. The molecule has 2 aromatic rings. The van der Waals surface area contributed by atoms with Crippen LogP contribution in [0.25, 0.3) is 11.0 Å². The first-order chi connectivity index (χ1) is 31.4. The Kier molecular flexibility index (Phi) is 18.1. The Hall–Kier alpha value is -3.66. The van der Waals surface area contributed by atoms with Crippen LogP contribution < -0.4 is 5.32 Å². The van der Waals surface area contributed by atoms with Gasteiger partial charge in [-0.25, -0.2) is 4.98 Å². The van der Waals surface area contributed by atoms with Gasteiger partial charge in [0.1, 0.15) is 42.2 Å². The zero-order chi connectivity index (χ0) is 48.0. The SMILES string of the molecule is CCC1OC(=O)CC(O)C(C)C(O[C@@H]2O[C@H](C)[C@@H](O)[C@H](N(C)C)[C@H]2O)C(Cc2nc3ccc(C4=NCCN4)cc3[nH]2)C[C@H](C)C(=O)/C=C/C(C)=C/C1CO[C@H]1O[C@H](C)[C@@H](O)[C@@H](OC)[C@H]1OC. The summed E-state index contributed by atoms with van der Waals surface area (Å²) >= 11 is 0. The molecule has 368 valence electrons. The molecule has 2 saturated heterocycles. The van der Waals surface area contributed by atoms with E-state index in [0.29, 0.717) is 18.8 Å². The Morgan fingerprint density at radius 3 is 2.29 bits per heavy atom. The van der Waals surface area contributed by atoms with Gasteiger partial charge in [0.15, 0.2) is 18.4 Å². The zero-order valence-electron chi connectivity index (χ0n) is 40.0. The molecular formula is C48H73N5O13. The number of carbonyl (C=O) groups excluding carboxylic acids is 2. The van der Waals surface area contributed by atoms with Crippen molar-refractivity contribution in [2.75, 3.05) is 48.0 Å². The maximum Gasteiger partial charge on any atom is 0.308 e. The third-order valence-corrected chi connectivity index (χ3v) is 13.6. The number of cyclic esters (lactones) is 1. The number of esters is 1. The summed E-state index contributed by atoms with van der Waals surface area (Å²) in [5, 5.41) is 48.8. The largest absolute Gasteiger partial charge is 0.462 e. The van der Waals surface area contributed by atoms with E-state index in [0.717, 1.165) is 34.6 Å². The highest BCUT2D eigenvalue weighted by molar-refractivity contribution is 6.02. The van der Waals surface area contributed by atoms with Crippen LogP contribution in [0.3, 0.4) is 0 Å². The number of ketones is 1. The van der Waals surface area contributed by atoms with Gasteiger partial charge in [-0.15, -0.1) is 0 Å². The Bertz CT molecular complexity index is 2030. The monoisotopic (exact) mass is 928 g/mol. The van der Waals surface area contributed by atoms with Crippen LogP contribution in [0, 0.1) is 23.7 Å². The van der Waals surface area contributed by atoms with Gasteiger partial charge in [0.25, 0.3) is 0 Å². The molecule has 0 bridgehead atoms. The molecule has 4 aliphatic heterocycles. The highest BCUT2D eigenvalue weighted by atomic mass is 16.7. The minimum absolute atomic E-state index is 0.0150. The van der Waals surface area contributed by atoms with E-state index in [4.69, 9.17) is 38.1 Å². The second-order valence-electron chi connectivity index (χ2n) is 18.7. The number of rotatable bonds is 12. The molecule has 0 saturated carbocycles. The number of aliphatic imine (C=N–C) groups is 1. The number of nitrogens with zero attached hydrogens (tertiary/aromatic N) is 3. The highest BCUT2D eigenvalue weighted by Crippen LogP contribution is 2.35. The number of aromatic nitrogens is 2. The standard InChI is InChI=1S/C48H73N5O13/c1-11-36-31(23-62-48-45(61-10)44(60-9)41(58)28(6)64-48)18-24(2)12-15-34(54)25(3)19-30(21-37-51-32-14-13-29(20-33(32)52-37)46-49-16-17-50-46)43(26(4)35(55)22-38(56)65-36)66-47-42(59)39(53(7)8)40(57)27(5)63-47/h12-15,18,20,25-28,30-31,35-36,39-45,47-48,55,57-59H,11,16-17,19,21-23H2,1-10H3,(H,49,50)(H,51,52)/b15-12+,24-18+/t25-,26?,27+,28+,30?,31?,35?,36?,39-,40+,41+,42+,43?,44+,45+,47-,48-/m0/s1. The molecule has 0 amide bonds. The number of allylic oxidation sites excluding steroid dienone is 3. The van der Waals surface area contributed by atoms with Gasteiger partial charge in [-0.05, 0) is 77.9 Å². The van der Waals surface area contributed by atoms with Crippen molar-refractivity contribution < 1.29 is 63.2 Å². The number of amidine groups is 1. The Labute approximate surface area is 388 Å². The van der Waals surface area contributed by atoms with Gasteiger partial charge in [0.2, 0.25) is 0 Å². The molecule has 5 heterocycles. The minimum atomic E-state index is -1.31. The molecule has 1 aromatic heterocycles. The first-order valence-corrected chi connectivity index (χ1v) is 23.3. The summed E-state index contributed by atoms with van der Waals surface area (Å²) in [6, 6.07) is 5.14. The molecule has 0 radical (unpaired) electrons. The average Bonchev–Trinajstić information content (AvgIpc) is 3.97. The molecule has 17 atom stereocenters. The van der Waals surface area contributed by atoms with Crippen molar-refractivity contribution in [1.29, 1.82) is 0 Å². The Morgan fingerprint density at radius 1 is 0.909 bits per heavy atom. The van der Waals surface area contributed by atoms with E-state index >= 15 is 0 Å². The molecule has 4 aliphatic rings. The van der Waals surface area contributed by atoms with Crippen molar-refractivity contribution in [2.45, 2.75) is 147 Å². The summed E-state index contributed by atoms with van der Waals surface area (Å²) in [5.74, 6) is -1.75. The van der Waals surface area contributed by atoms with Crippen molar-refractivity contribution in [2.24, 2.45) is 28.7 Å². The van der Waals surface area contributed by atoms with E-state index in [1.165, 1.54) is 20.3 Å². The second kappa shape index (κ2) is 23.1. The van der Waals surface area contributed by atoms with Crippen LogP contribution in [0.4, 0.5) is 0 Å². The lowest BCUT2D eigenvalue weighted by molar-refractivity contribution is -0.304. The second-order valence-corrected chi connectivity index (χ2v) is 18.7. The van der Waals surface area contributed by atoms with Crippen molar-refractivity contribution in [1.82, 2.24) is 20.2 Å². The highest BCUT2D eigenvalue weighted by Gasteiger charge is 2.48. The smallest absolute Gasteiger partial charge is 0.308 e. The van der Waals surface area contributed by atoms with Gasteiger partial charge in [-0.3, -0.25) is 14.6 Å². The number of nitrogens with one attached hydrogen (secondary N) is 2. The van der Waals surface area contributed by atoms with E-state index in [2.05, 4.69) is 15.3 Å². The lowest BCUT2D eigenvalue weighted by Crippen LogP contribution is -2.63. The van der Waals surface area contributed by atoms with Crippen LogP contribution in [0.15, 0.2) is 47.0 Å². The maximum atomic E-state index is 14.1. The molecule has 6 unspecified atom stereocenters. The molecule has 6 rings (SSSR count). The lowest BCUT2D eigenvalue weighted by atomic mass is 9.79. The number of methoxy groups -OCH3 is 2. The fourth-order valence-corrected chi connectivity index (χ4v) is 9.75. The summed E-state index contributed by atoms with van der Waals surface area (Å²) in [4.78, 5) is 42.8. The van der Waals surface area contributed by atoms with Gasteiger partial charge < -0.3 is 68.8 Å². The van der Waals surface area contributed by atoms with Gasteiger partial charge in [-0.2, -0.15) is 0 Å². The Balaban J connectivity index is 1.34. The summed E-state index contributed by atoms with van der Waals surface area (Å²) in [7, 11) is 6.46. The van der Waals surface area contributed by atoms with Crippen molar-refractivity contribution >= 4 is 28.6 Å². The number of imidazole rings is 1. The summed E-state index contributed by atoms with van der Waals surface area (Å²) < 4.78 is 42.7. The number of fused-ring (bicyclic) bond motifs is 1. The lowest BCUT2D eigenvalue weighted by Gasteiger charge is -2.46. The van der Waals surface area contributed by atoms with Gasteiger partial charge in [-0.1, -0.05) is 38.5 Å². The summed E-state index contributed by atoms with van der Waals surface area (Å²) in [5.41, 5.74) is 3.17.